The summed E-state index contributed by atoms with van der Waals surface area (Å²) >= 11 is 0. The van der Waals surface area contributed by atoms with Gasteiger partial charge in [-0.25, -0.2) is 13.1 Å². The highest BCUT2D eigenvalue weighted by Gasteiger charge is 2.25. The minimum Gasteiger partial charge on any atom is -0.332 e. The summed E-state index contributed by atoms with van der Waals surface area (Å²) in [5, 5.41) is 0. The van der Waals surface area contributed by atoms with Crippen LogP contribution in [0.1, 0.15) is 48.4 Å². The van der Waals surface area contributed by atoms with E-state index in [0.29, 0.717) is 0 Å². The number of nitrogens with zero attached hydrogens (tertiary/aromatic N) is 1. The Morgan fingerprint density at radius 3 is 2.55 bits per heavy atom. The molecule has 1 amide bonds. The fourth-order valence-electron chi connectivity index (χ4n) is 3.74. The van der Waals surface area contributed by atoms with E-state index < -0.39 is 10.0 Å². The number of hydrogen-bond acceptors (Lipinski definition) is 3. The van der Waals surface area contributed by atoms with Gasteiger partial charge in [0.15, 0.2) is 0 Å². The van der Waals surface area contributed by atoms with Crippen molar-refractivity contribution in [3.63, 3.8) is 0 Å². The average molecular weight is 413 g/mol. The zero-order chi connectivity index (χ0) is 20.9. The zero-order valence-electron chi connectivity index (χ0n) is 17.0. The van der Waals surface area contributed by atoms with Crippen molar-refractivity contribution in [3.05, 3.63) is 71.3 Å². The molecule has 1 fully saturated rings. The summed E-state index contributed by atoms with van der Waals surface area (Å²) in [6.45, 7) is 2.82. The highest BCUT2D eigenvalue weighted by Crippen LogP contribution is 2.31. The number of sulfonamides is 1. The van der Waals surface area contributed by atoms with Gasteiger partial charge in [-0.2, -0.15) is 0 Å². The summed E-state index contributed by atoms with van der Waals surface area (Å²) in [4.78, 5) is 15.2. The molecule has 0 spiro atoms. The molecule has 6 heteroatoms. The first-order chi connectivity index (χ1) is 13.9. The molecule has 29 heavy (non-hydrogen) atoms. The Kier molecular flexibility index (Phi) is 6.87. The van der Waals surface area contributed by atoms with Gasteiger partial charge in [0.05, 0.1) is 10.9 Å². The van der Waals surface area contributed by atoms with Gasteiger partial charge in [-0.15, -0.1) is 0 Å². The number of amides is 1. The lowest BCUT2D eigenvalue weighted by molar-refractivity contribution is -0.128. The van der Waals surface area contributed by atoms with Gasteiger partial charge in [0.2, 0.25) is 15.9 Å². The van der Waals surface area contributed by atoms with E-state index in [-0.39, 0.29) is 16.8 Å². The maximum Gasteiger partial charge on any atom is 0.247 e. The van der Waals surface area contributed by atoms with Crippen LogP contribution in [0.5, 0.6) is 0 Å². The maximum absolute atomic E-state index is 13.0. The summed E-state index contributed by atoms with van der Waals surface area (Å²) in [7, 11) is -2.08. The average Bonchev–Trinajstić information content (AvgIpc) is 2.98. The van der Waals surface area contributed by atoms with Crippen LogP contribution in [0.4, 0.5) is 0 Å². The van der Waals surface area contributed by atoms with Crippen LogP contribution in [0, 0.1) is 6.92 Å². The van der Waals surface area contributed by atoms with E-state index in [0.717, 1.165) is 37.8 Å². The molecule has 1 unspecified atom stereocenters. The number of aryl methyl sites for hydroxylation is 1. The molecule has 0 aliphatic carbocycles. The highest BCUT2D eigenvalue weighted by molar-refractivity contribution is 7.89. The van der Waals surface area contributed by atoms with Crippen molar-refractivity contribution >= 4 is 22.0 Å². The van der Waals surface area contributed by atoms with E-state index in [1.165, 1.54) is 30.3 Å². The number of nitrogens with one attached hydrogen (secondary N) is 1. The molecule has 1 aliphatic rings. The molecule has 2 aromatic carbocycles. The second-order valence-electron chi connectivity index (χ2n) is 7.42. The Bertz CT molecular complexity index is 981. The molecule has 1 N–H and O–H groups in total. The van der Waals surface area contributed by atoms with Gasteiger partial charge in [0, 0.05) is 12.6 Å². The first-order valence-electron chi connectivity index (χ1n) is 9.99. The summed E-state index contributed by atoms with van der Waals surface area (Å²) in [6.07, 6.45) is 7.58. The second-order valence-corrected chi connectivity index (χ2v) is 9.31. The van der Waals surface area contributed by atoms with Gasteiger partial charge in [-0.05, 0) is 56.1 Å². The topological polar surface area (TPSA) is 66.5 Å². The van der Waals surface area contributed by atoms with Crippen molar-refractivity contribution in [3.8, 4) is 0 Å². The SMILES string of the molecule is CNS(=O)(=O)c1ccc(/C=C/C(=O)N2CCCCCC2c2cccc(C)c2)cc1. The predicted molar refractivity (Wildman–Crippen MR) is 116 cm³/mol. The molecule has 0 bridgehead atoms. The van der Waals surface area contributed by atoms with E-state index in [1.54, 1.807) is 24.3 Å². The van der Waals surface area contributed by atoms with Gasteiger partial charge < -0.3 is 4.90 Å². The largest absolute Gasteiger partial charge is 0.332 e. The number of benzene rings is 2. The smallest absolute Gasteiger partial charge is 0.247 e. The molecule has 0 saturated carbocycles. The number of carbonyl (C=O) groups excluding carboxylic acids is 1. The summed E-state index contributed by atoms with van der Waals surface area (Å²) in [6, 6.07) is 15.0. The Balaban J connectivity index is 1.78. The molecule has 3 rings (SSSR count). The Morgan fingerprint density at radius 2 is 1.86 bits per heavy atom. The van der Waals surface area contributed by atoms with Crippen molar-refractivity contribution < 1.29 is 13.2 Å². The van der Waals surface area contributed by atoms with Gasteiger partial charge in [-0.1, -0.05) is 54.8 Å². The predicted octanol–water partition coefficient (Wildman–Crippen LogP) is 4.06. The van der Waals surface area contributed by atoms with Gasteiger partial charge in [0.1, 0.15) is 0 Å². The standard InChI is InChI=1S/C23H28N2O3S/c1-18-7-6-8-20(17-18)22-9-4-3-5-16-25(22)23(26)15-12-19-10-13-21(14-11-19)29(27,28)24-2/h6-8,10-15,17,22,24H,3-5,9,16H2,1-2H3/b15-12+. The van der Waals surface area contributed by atoms with Crippen molar-refractivity contribution in [2.24, 2.45) is 0 Å². The number of carbonyl (C=O) groups is 1. The summed E-state index contributed by atoms with van der Waals surface area (Å²) in [5.41, 5.74) is 3.18. The van der Waals surface area contributed by atoms with Crippen LogP contribution in [0.2, 0.25) is 0 Å². The van der Waals surface area contributed by atoms with Gasteiger partial charge >= 0.3 is 0 Å². The van der Waals surface area contributed by atoms with E-state index in [9.17, 15) is 13.2 Å². The van der Waals surface area contributed by atoms with E-state index in [4.69, 9.17) is 0 Å². The maximum atomic E-state index is 13.0. The lowest BCUT2D eigenvalue weighted by Gasteiger charge is -2.30. The first-order valence-corrected chi connectivity index (χ1v) is 11.5. The number of hydrogen-bond donors (Lipinski definition) is 1. The first kappa shape index (κ1) is 21.3. The van der Waals surface area contributed by atoms with Crippen LogP contribution in [-0.4, -0.2) is 32.8 Å². The molecule has 1 heterocycles. The molecule has 5 nitrogen and oxygen atoms in total. The molecule has 2 aromatic rings. The van der Waals surface area contributed by atoms with Gasteiger partial charge in [-0.3, -0.25) is 4.79 Å². The van der Waals surface area contributed by atoms with Gasteiger partial charge in [0.25, 0.3) is 0 Å². The Hall–Kier alpha value is -2.44. The van der Waals surface area contributed by atoms with Crippen molar-refractivity contribution in [1.29, 1.82) is 0 Å². The third kappa shape index (κ3) is 5.34. The molecular weight excluding hydrogens is 384 g/mol. The molecule has 1 aliphatic heterocycles. The van der Waals surface area contributed by atoms with E-state index in [2.05, 4.69) is 35.9 Å². The molecule has 0 aromatic heterocycles. The van der Waals surface area contributed by atoms with Crippen LogP contribution in [0.25, 0.3) is 6.08 Å². The number of likely N-dealkylation sites (tertiary alicyclic amines) is 1. The second kappa shape index (κ2) is 9.37. The number of rotatable bonds is 5. The molecule has 1 saturated heterocycles. The molecule has 154 valence electrons. The van der Waals surface area contributed by atoms with Crippen molar-refractivity contribution in [1.82, 2.24) is 9.62 Å². The Labute approximate surface area is 173 Å². The van der Waals surface area contributed by atoms with Crippen LogP contribution >= 0.6 is 0 Å². The molecular formula is C23H28N2O3S. The van der Waals surface area contributed by atoms with Crippen LogP contribution in [-0.2, 0) is 14.8 Å². The highest BCUT2D eigenvalue weighted by atomic mass is 32.2. The van der Waals surface area contributed by atoms with Crippen LogP contribution in [0.3, 0.4) is 0 Å². The lowest BCUT2D eigenvalue weighted by atomic mass is 9.99. The third-order valence-electron chi connectivity index (χ3n) is 5.34. The summed E-state index contributed by atoms with van der Waals surface area (Å²) in [5.74, 6) is -0.00895. The monoisotopic (exact) mass is 412 g/mol. The fourth-order valence-corrected chi connectivity index (χ4v) is 4.47. The molecule has 0 radical (unpaired) electrons. The molecule has 1 atom stereocenters. The summed E-state index contributed by atoms with van der Waals surface area (Å²) < 4.78 is 25.9. The van der Waals surface area contributed by atoms with Crippen LogP contribution in [0.15, 0.2) is 59.5 Å². The van der Waals surface area contributed by atoms with E-state index >= 15 is 0 Å². The third-order valence-corrected chi connectivity index (χ3v) is 6.77. The minimum atomic E-state index is -3.46. The van der Waals surface area contributed by atoms with Crippen molar-refractivity contribution in [2.45, 2.75) is 43.5 Å². The van der Waals surface area contributed by atoms with Crippen molar-refractivity contribution in [2.75, 3.05) is 13.6 Å². The van der Waals surface area contributed by atoms with E-state index in [1.807, 2.05) is 4.90 Å². The normalized spacial score (nSPS) is 18.0. The van der Waals surface area contributed by atoms with Crippen LogP contribution < -0.4 is 4.72 Å². The minimum absolute atomic E-state index is 0.00895. The quantitative estimate of drug-likeness (QED) is 0.753. The Morgan fingerprint density at radius 1 is 1.10 bits per heavy atom. The fraction of sp³-hybridized carbons (Fsp3) is 0.348. The lowest BCUT2D eigenvalue weighted by Crippen LogP contribution is -2.33. The zero-order valence-corrected chi connectivity index (χ0v) is 17.8.